The maximum Gasteiger partial charge on any atom is 0.236 e. The van der Waals surface area contributed by atoms with Crippen LogP contribution in [0.1, 0.15) is 18.5 Å². The Kier molecular flexibility index (Phi) is 5.08. The summed E-state index contributed by atoms with van der Waals surface area (Å²) in [7, 11) is 0.270. The molecule has 0 radical (unpaired) electrons. The summed E-state index contributed by atoms with van der Waals surface area (Å²) in [6.07, 6.45) is 1.17. The van der Waals surface area contributed by atoms with Crippen LogP contribution in [0.15, 0.2) is 29.2 Å². The molecule has 0 saturated heterocycles. The van der Waals surface area contributed by atoms with E-state index in [4.69, 9.17) is 0 Å². The largest absolute Gasteiger partial charge is 0.338 e. The third-order valence-corrected chi connectivity index (χ3v) is 4.22. The van der Waals surface area contributed by atoms with E-state index >= 15 is 0 Å². The summed E-state index contributed by atoms with van der Waals surface area (Å²) in [6.45, 7) is 2.19. The maximum absolute atomic E-state index is 11.8. The van der Waals surface area contributed by atoms with Crippen molar-refractivity contribution >= 4 is 15.7 Å². The number of likely N-dealkylation sites (N-methyl/N-ethyl adjacent to an activating group) is 2. The Balaban J connectivity index is 2.89. The molecule has 1 N–H and O–H groups in total. The first kappa shape index (κ1) is 15.7. The number of nitrogens with zero attached hydrogens (tertiary/aromatic N) is 1. The first-order chi connectivity index (χ1) is 8.77. The molecule has 0 spiro atoms. The monoisotopic (exact) mass is 284 g/mol. The minimum atomic E-state index is -3.18. The molecule has 1 aromatic carbocycles. The Morgan fingerprint density at radius 3 is 2.26 bits per heavy atom. The van der Waals surface area contributed by atoms with E-state index < -0.39 is 9.84 Å². The van der Waals surface area contributed by atoms with E-state index in [9.17, 15) is 13.2 Å². The van der Waals surface area contributed by atoms with E-state index in [0.717, 1.165) is 5.56 Å². The lowest BCUT2D eigenvalue weighted by Crippen LogP contribution is -2.35. The van der Waals surface area contributed by atoms with Gasteiger partial charge in [-0.15, -0.1) is 0 Å². The SMILES string of the molecule is CNCC(=O)N(C)C(C)c1ccc(S(C)(=O)=O)cc1. The van der Waals surface area contributed by atoms with Crippen molar-refractivity contribution in [1.29, 1.82) is 0 Å². The quantitative estimate of drug-likeness (QED) is 0.869. The van der Waals surface area contributed by atoms with Gasteiger partial charge in [0.1, 0.15) is 0 Å². The molecule has 106 valence electrons. The third-order valence-electron chi connectivity index (χ3n) is 3.09. The zero-order valence-corrected chi connectivity index (χ0v) is 12.5. The van der Waals surface area contributed by atoms with Crippen molar-refractivity contribution < 1.29 is 13.2 Å². The average Bonchev–Trinajstić information content (AvgIpc) is 2.36. The molecule has 1 atom stereocenters. The lowest BCUT2D eigenvalue weighted by atomic mass is 10.1. The van der Waals surface area contributed by atoms with Crippen LogP contribution >= 0.6 is 0 Å². The first-order valence-electron chi connectivity index (χ1n) is 5.97. The van der Waals surface area contributed by atoms with E-state index in [1.807, 2.05) is 6.92 Å². The maximum atomic E-state index is 11.8. The molecule has 0 aliphatic rings. The van der Waals surface area contributed by atoms with Crippen LogP contribution in [0.2, 0.25) is 0 Å². The normalized spacial score (nSPS) is 13.1. The molecule has 1 rings (SSSR count). The molecule has 0 aromatic heterocycles. The number of carbonyl (C=O) groups excluding carboxylic acids is 1. The van der Waals surface area contributed by atoms with Crippen LogP contribution in [-0.2, 0) is 14.6 Å². The molecule has 1 aromatic rings. The summed E-state index contributed by atoms with van der Waals surface area (Å²) in [5, 5.41) is 2.81. The van der Waals surface area contributed by atoms with Gasteiger partial charge in [-0.05, 0) is 31.7 Å². The van der Waals surface area contributed by atoms with Gasteiger partial charge in [-0.3, -0.25) is 4.79 Å². The fourth-order valence-corrected chi connectivity index (χ4v) is 2.34. The van der Waals surface area contributed by atoms with Crippen molar-refractivity contribution in [2.24, 2.45) is 0 Å². The smallest absolute Gasteiger partial charge is 0.236 e. The number of amides is 1. The second-order valence-electron chi connectivity index (χ2n) is 4.55. The van der Waals surface area contributed by atoms with Gasteiger partial charge in [-0.2, -0.15) is 0 Å². The summed E-state index contributed by atoms with van der Waals surface area (Å²) in [5.41, 5.74) is 0.902. The van der Waals surface area contributed by atoms with Gasteiger partial charge in [0.15, 0.2) is 9.84 Å². The van der Waals surface area contributed by atoms with Crippen LogP contribution in [-0.4, -0.2) is 46.1 Å². The second-order valence-corrected chi connectivity index (χ2v) is 6.57. The predicted octanol–water partition coefficient (Wildman–Crippen LogP) is 0.829. The van der Waals surface area contributed by atoms with E-state index in [1.54, 1.807) is 43.3 Å². The molecule has 0 fully saturated rings. The van der Waals surface area contributed by atoms with E-state index in [2.05, 4.69) is 5.32 Å². The number of benzene rings is 1. The van der Waals surface area contributed by atoms with Crippen molar-refractivity contribution in [3.05, 3.63) is 29.8 Å². The second kappa shape index (κ2) is 6.16. The molecular formula is C13H20N2O3S. The molecule has 19 heavy (non-hydrogen) atoms. The molecule has 5 nitrogen and oxygen atoms in total. The van der Waals surface area contributed by atoms with Gasteiger partial charge in [0, 0.05) is 13.3 Å². The van der Waals surface area contributed by atoms with Gasteiger partial charge in [-0.1, -0.05) is 12.1 Å². The fourth-order valence-electron chi connectivity index (χ4n) is 1.71. The van der Waals surface area contributed by atoms with Crippen LogP contribution in [0.5, 0.6) is 0 Å². The van der Waals surface area contributed by atoms with Gasteiger partial charge >= 0.3 is 0 Å². The molecule has 0 bridgehead atoms. The van der Waals surface area contributed by atoms with Crippen molar-refractivity contribution in [3.63, 3.8) is 0 Å². The highest BCUT2D eigenvalue weighted by atomic mass is 32.2. The van der Waals surface area contributed by atoms with Gasteiger partial charge in [0.25, 0.3) is 0 Å². The Bertz CT molecular complexity index is 538. The summed E-state index contributed by atoms with van der Waals surface area (Å²) < 4.78 is 22.7. The summed E-state index contributed by atoms with van der Waals surface area (Å²) in [5.74, 6) is -0.0119. The lowest BCUT2D eigenvalue weighted by Gasteiger charge is -2.25. The number of rotatable bonds is 5. The molecule has 0 saturated carbocycles. The number of nitrogens with one attached hydrogen (secondary N) is 1. The Hall–Kier alpha value is -1.40. The Morgan fingerprint density at radius 2 is 1.84 bits per heavy atom. The van der Waals surface area contributed by atoms with Crippen molar-refractivity contribution in [3.8, 4) is 0 Å². The lowest BCUT2D eigenvalue weighted by molar-refractivity contribution is -0.130. The molecule has 0 aliphatic heterocycles. The zero-order chi connectivity index (χ0) is 14.6. The molecular weight excluding hydrogens is 264 g/mol. The molecule has 6 heteroatoms. The molecule has 0 heterocycles. The molecule has 0 aliphatic carbocycles. The summed E-state index contributed by atoms with van der Waals surface area (Å²) in [6, 6.07) is 6.51. The summed E-state index contributed by atoms with van der Waals surface area (Å²) >= 11 is 0. The standard InChI is InChI=1S/C13H20N2O3S/c1-10(15(3)13(16)9-14-2)11-5-7-12(8-6-11)19(4,17)18/h5-8,10,14H,9H2,1-4H3. The number of hydrogen-bond acceptors (Lipinski definition) is 4. The van der Waals surface area contributed by atoms with Gasteiger partial charge in [0.2, 0.25) is 5.91 Å². The molecule has 1 unspecified atom stereocenters. The van der Waals surface area contributed by atoms with Crippen LogP contribution in [0.4, 0.5) is 0 Å². The van der Waals surface area contributed by atoms with Crippen LogP contribution in [0.3, 0.4) is 0 Å². The zero-order valence-electron chi connectivity index (χ0n) is 11.7. The number of hydrogen-bond donors (Lipinski definition) is 1. The highest BCUT2D eigenvalue weighted by Crippen LogP contribution is 2.20. The molecule has 1 amide bonds. The van der Waals surface area contributed by atoms with E-state index in [0.29, 0.717) is 0 Å². The van der Waals surface area contributed by atoms with Gasteiger partial charge in [0.05, 0.1) is 17.5 Å². The number of sulfone groups is 1. The van der Waals surface area contributed by atoms with Crippen molar-refractivity contribution in [1.82, 2.24) is 10.2 Å². The van der Waals surface area contributed by atoms with E-state index in [1.165, 1.54) is 6.26 Å². The summed E-state index contributed by atoms with van der Waals surface area (Å²) in [4.78, 5) is 13.7. The van der Waals surface area contributed by atoms with Gasteiger partial charge < -0.3 is 10.2 Å². The highest BCUT2D eigenvalue weighted by molar-refractivity contribution is 7.90. The van der Waals surface area contributed by atoms with Crippen LogP contribution in [0.25, 0.3) is 0 Å². The van der Waals surface area contributed by atoms with Crippen molar-refractivity contribution in [2.75, 3.05) is 26.9 Å². The van der Waals surface area contributed by atoms with Crippen LogP contribution in [0, 0.1) is 0 Å². The third kappa shape index (κ3) is 4.04. The minimum absolute atomic E-state index is 0.0119. The first-order valence-corrected chi connectivity index (χ1v) is 7.86. The fraction of sp³-hybridized carbons (Fsp3) is 0.462. The topological polar surface area (TPSA) is 66.5 Å². The minimum Gasteiger partial charge on any atom is -0.338 e. The van der Waals surface area contributed by atoms with E-state index in [-0.39, 0.29) is 23.4 Å². The average molecular weight is 284 g/mol. The van der Waals surface area contributed by atoms with Crippen molar-refractivity contribution in [2.45, 2.75) is 17.9 Å². The van der Waals surface area contributed by atoms with Gasteiger partial charge in [-0.25, -0.2) is 8.42 Å². The van der Waals surface area contributed by atoms with Crippen LogP contribution < -0.4 is 5.32 Å². The Labute approximate surface area is 114 Å². The number of carbonyl (C=O) groups is 1. The predicted molar refractivity (Wildman–Crippen MR) is 74.7 cm³/mol. The Morgan fingerprint density at radius 1 is 1.32 bits per heavy atom. The highest BCUT2D eigenvalue weighted by Gasteiger charge is 2.17.